The normalized spacial score (nSPS) is 10.3. The van der Waals surface area contributed by atoms with Gasteiger partial charge in [-0.15, -0.1) is 9.24 Å². The van der Waals surface area contributed by atoms with Gasteiger partial charge in [-0.05, 0) is 30.4 Å². The molecule has 0 spiro atoms. The molecule has 0 radical (unpaired) electrons. The van der Waals surface area contributed by atoms with Crippen LogP contribution >= 0.6 is 9.24 Å². The molecule has 0 N–H and O–H groups in total. The lowest BCUT2D eigenvalue weighted by molar-refractivity contribution is 0.00423. The van der Waals surface area contributed by atoms with Crippen LogP contribution in [0.4, 0.5) is 0 Å². The summed E-state index contributed by atoms with van der Waals surface area (Å²) in [4.78, 5) is 0. The molecule has 1 atom stereocenters. The number of hydrogen-bond acceptors (Lipinski definition) is 2. The van der Waals surface area contributed by atoms with E-state index in [4.69, 9.17) is 9.47 Å². The Bertz CT molecular complexity index is 403. The molecule has 2 rings (SSSR count). The standard InChI is InChI=1S/C15H17O2P/c18-12-11-15(16-13-7-3-1-4-8-13)17-14-9-5-2-6-10-14/h1-10,15H,11-12,18H2. The van der Waals surface area contributed by atoms with Crippen molar-refractivity contribution in [2.24, 2.45) is 0 Å². The zero-order chi connectivity index (χ0) is 12.6. The summed E-state index contributed by atoms with van der Waals surface area (Å²) in [6, 6.07) is 19.5. The summed E-state index contributed by atoms with van der Waals surface area (Å²) in [5, 5.41) is 0. The van der Waals surface area contributed by atoms with Crippen molar-refractivity contribution in [3.8, 4) is 11.5 Å². The van der Waals surface area contributed by atoms with Crippen LogP contribution in [0.2, 0.25) is 0 Å². The molecule has 2 nitrogen and oxygen atoms in total. The predicted molar refractivity (Wildman–Crippen MR) is 77.1 cm³/mol. The first-order valence-electron chi connectivity index (χ1n) is 6.02. The predicted octanol–water partition coefficient (Wildman–Crippen LogP) is 3.74. The molecule has 3 heteroatoms. The average molecular weight is 260 g/mol. The molecule has 0 aliphatic carbocycles. The zero-order valence-electron chi connectivity index (χ0n) is 10.2. The smallest absolute Gasteiger partial charge is 0.241 e. The largest absolute Gasteiger partial charge is 0.455 e. The van der Waals surface area contributed by atoms with E-state index >= 15 is 0 Å². The fraction of sp³-hybridized carbons (Fsp3) is 0.200. The Morgan fingerprint density at radius 2 is 1.22 bits per heavy atom. The van der Waals surface area contributed by atoms with E-state index in [1.54, 1.807) is 0 Å². The highest BCUT2D eigenvalue weighted by Gasteiger charge is 2.10. The van der Waals surface area contributed by atoms with E-state index < -0.39 is 0 Å². The van der Waals surface area contributed by atoms with Crippen molar-refractivity contribution in [2.75, 3.05) is 6.16 Å². The van der Waals surface area contributed by atoms with Gasteiger partial charge in [-0.2, -0.15) is 0 Å². The van der Waals surface area contributed by atoms with Gasteiger partial charge in [0.15, 0.2) is 0 Å². The summed E-state index contributed by atoms with van der Waals surface area (Å²) < 4.78 is 11.6. The van der Waals surface area contributed by atoms with E-state index in [0.717, 1.165) is 24.1 Å². The van der Waals surface area contributed by atoms with Crippen LogP contribution in [0, 0.1) is 0 Å². The minimum atomic E-state index is -0.257. The molecular formula is C15H17O2P. The number of ether oxygens (including phenoxy) is 2. The van der Waals surface area contributed by atoms with Crippen LogP contribution in [0.3, 0.4) is 0 Å². The maximum atomic E-state index is 5.82. The Labute approximate surface area is 110 Å². The van der Waals surface area contributed by atoms with E-state index in [-0.39, 0.29) is 6.29 Å². The molecule has 0 heterocycles. The van der Waals surface area contributed by atoms with E-state index in [9.17, 15) is 0 Å². The van der Waals surface area contributed by atoms with Gasteiger partial charge in [0, 0.05) is 6.42 Å². The number of hydrogen-bond donors (Lipinski definition) is 0. The van der Waals surface area contributed by atoms with Gasteiger partial charge in [-0.3, -0.25) is 0 Å². The Kier molecular flexibility index (Phi) is 5.04. The third kappa shape index (κ3) is 4.05. The molecule has 18 heavy (non-hydrogen) atoms. The van der Waals surface area contributed by atoms with Gasteiger partial charge in [0.05, 0.1) is 0 Å². The Balaban J connectivity index is 2.00. The van der Waals surface area contributed by atoms with Crippen molar-refractivity contribution >= 4 is 9.24 Å². The number of rotatable bonds is 6. The summed E-state index contributed by atoms with van der Waals surface area (Å²) in [6.45, 7) is 0. The summed E-state index contributed by atoms with van der Waals surface area (Å²) in [7, 11) is 2.70. The first-order chi connectivity index (χ1) is 8.88. The van der Waals surface area contributed by atoms with E-state index in [2.05, 4.69) is 9.24 Å². The van der Waals surface area contributed by atoms with Gasteiger partial charge in [-0.25, -0.2) is 0 Å². The molecule has 2 aromatic rings. The lowest BCUT2D eigenvalue weighted by Crippen LogP contribution is -2.24. The monoisotopic (exact) mass is 260 g/mol. The third-order valence-electron chi connectivity index (χ3n) is 2.42. The molecule has 0 fully saturated rings. The summed E-state index contributed by atoms with van der Waals surface area (Å²) in [5.41, 5.74) is 0. The summed E-state index contributed by atoms with van der Waals surface area (Å²) >= 11 is 0. The average Bonchev–Trinajstić information content (AvgIpc) is 2.41. The fourth-order valence-corrected chi connectivity index (χ4v) is 1.85. The molecule has 1 unspecified atom stereocenters. The molecule has 2 aromatic carbocycles. The van der Waals surface area contributed by atoms with Crippen LogP contribution in [-0.2, 0) is 0 Å². The van der Waals surface area contributed by atoms with Crippen molar-refractivity contribution in [3.63, 3.8) is 0 Å². The molecule has 0 aromatic heterocycles. The lowest BCUT2D eigenvalue weighted by atomic mass is 10.3. The molecule has 0 amide bonds. The highest BCUT2D eigenvalue weighted by atomic mass is 31.0. The van der Waals surface area contributed by atoms with Crippen molar-refractivity contribution in [1.82, 2.24) is 0 Å². The molecule has 0 bridgehead atoms. The second-order valence-electron chi connectivity index (χ2n) is 3.87. The second-order valence-corrected chi connectivity index (χ2v) is 4.45. The molecular weight excluding hydrogens is 243 g/mol. The van der Waals surface area contributed by atoms with Crippen molar-refractivity contribution in [2.45, 2.75) is 12.7 Å². The molecule has 0 saturated heterocycles. The Morgan fingerprint density at radius 1 is 0.778 bits per heavy atom. The van der Waals surface area contributed by atoms with E-state index in [0.29, 0.717) is 0 Å². The van der Waals surface area contributed by atoms with Crippen LogP contribution in [0.5, 0.6) is 11.5 Å². The van der Waals surface area contributed by atoms with Crippen LogP contribution in [-0.4, -0.2) is 12.5 Å². The third-order valence-corrected chi connectivity index (χ3v) is 2.76. The van der Waals surface area contributed by atoms with Crippen LogP contribution in [0.15, 0.2) is 60.7 Å². The van der Waals surface area contributed by atoms with Gasteiger partial charge in [0.1, 0.15) is 11.5 Å². The number of benzene rings is 2. The maximum Gasteiger partial charge on any atom is 0.241 e. The van der Waals surface area contributed by atoms with Gasteiger partial charge in [0.25, 0.3) is 0 Å². The molecule has 94 valence electrons. The van der Waals surface area contributed by atoms with Crippen LogP contribution in [0.1, 0.15) is 6.42 Å². The fourth-order valence-electron chi connectivity index (χ4n) is 1.58. The van der Waals surface area contributed by atoms with Gasteiger partial charge in [-0.1, -0.05) is 36.4 Å². The minimum absolute atomic E-state index is 0.257. The Morgan fingerprint density at radius 3 is 1.61 bits per heavy atom. The molecule has 0 aliphatic heterocycles. The first-order valence-corrected chi connectivity index (χ1v) is 6.83. The zero-order valence-corrected chi connectivity index (χ0v) is 11.3. The number of para-hydroxylation sites is 2. The van der Waals surface area contributed by atoms with Gasteiger partial charge < -0.3 is 9.47 Å². The van der Waals surface area contributed by atoms with Gasteiger partial charge >= 0.3 is 0 Å². The van der Waals surface area contributed by atoms with Crippen molar-refractivity contribution < 1.29 is 9.47 Å². The molecule has 0 aliphatic rings. The van der Waals surface area contributed by atoms with E-state index in [1.807, 2.05) is 60.7 Å². The second kappa shape index (κ2) is 7.03. The highest BCUT2D eigenvalue weighted by molar-refractivity contribution is 7.16. The molecule has 0 saturated carbocycles. The summed E-state index contributed by atoms with van der Waals surface area (Å²) in [5.74, 6) is 1.66. The summed E-state index contributed by atoms with van der Waals surface area (Å²) in [6.07, 6.45) is 1.51. The highest BCUT2D eigenvalue weighted by Crippen LogP contribution is 2.17. The minimum Gasteiger partial charge on any atom is -0.455 e. The van der Waals surface area contributed by atoms with Crippen LogP contribution < -0.4 is 9.47 Å². The lowest BCUT2D eigenvalue weighted by Gasteiger charge is -2.20. The van der Waals surface area contributed by atoms with Crippen LogP contribution in [0.25, 0.3) is 0 Å². The first kappa shape index (κ1) is 12.9. The topological polar surface area (TPSA) is 18.5 Å². The van der Waals surface area contributed by atoms with Crippen molar-refractivity contribution in [3.05, 3.63) is 60.7 Å². The quantitative estimate of drug-likeness (QED) is 0.582. The van der Waals surface area contributed by atoms with Gasteiger partial charge in [0.2, 0.25) is 6.29 Å². The van der Waals surface area contributed by atoms with E-state index in [1.165, 1.54) is 0 Å². The van der Waals surface area contributed by atoms with Crippen molar-refractivity contribution in [1.29, 1.82) is 0 Å². The Hall–Kier alpha value is -1.53. The SMILES string of the molecule is PCCC(Oc1ccccc1)Oc1ccccc1. The maximum absolute atomic E-state index is 5.82.